The number of nitrogens with zero attached hydrogens (tertiary/aromatic N) is 2. The molecule has 1 amide bonds. The summed E-state index contributed by atoms with van der Waals surface area (Å²) in [5.41, 5.74) is 1.20. The highest BCUT2D eigenvalue weighted by Crippen LogP contribution is 2.44. The molecule has 1 atom stereocenters. The summed E-state index contributed by atoms with van der Waals surface area (Å²) < 4.78 is 5.17. The monoisotopic (exact) mass is 268 g/mol. The molecule has 0 aliphatic carbocycles. The topological polar surface area (TPSA) is 42.4 Å². The molecule has 1 aromatic carbocycles. The molecule has 0 saturated carbocycles. The second kappa shape index (κ2) is 4.34. The first-order valence-electron chi connectivity index (χ1n) is 6.47. The number of hydrogen-bond donors (Lipinski definition) is 0. The van der Waals surface area contributed by atoms with Gasteiger partial charge in [-0.3, -0.25) is 9.69 Å². The van der Waals surface area contributed by atoms with Crippen molar-refractivity contribution in [3.63, 3.8) is 0 Å². The zero-order chi connectivity index (χ0) is 14.3. The number of rotatable bonds is 2. The number of amides is 1. The van der Waals surface area contributed by atoms with Crippen molar-refractivity contribution in [1.29, 1.82) is 0 Å². The van der Waals surface area contributed by atoms with Gasteiger partial charge in [-0.15, -0.1) is 0 Å². The van der Waals surface area contributed by atoms with E-state index in [1.54, 1.807) is 25.3 Å². The van der Waals surface area contributed by atoms with Crippen molar-refractivity contribution in [2.75, 3.05) is 19.1 Å². The second-order valence-corrected chi connectivity index (χ2v) is 5.09. The van der Waals surface area contributed by atoms with Gasteiger partial charge in [-0.25, -0.2) is 4.98 Å². The highest BCUT2D eigenvalue weighted by atomic mass is 16.5. The summed E-state index contributed by atoms with van der Waals surface area (Å²) in [5.74, 6) is 1.55. The molecule has 0 saturated heterocycles. The Morgan fingerprint density at radius 3 is 2.55 bits per heavy atom. The molecule has 1 unspecified atom stereocenters. The minimum Gasteiger partial charge on any atom is -0.497 e. The molecule has 2 aromatic rings. The molecule has 0 radical (unpaired) electrons. The summed E-state index contributed by atoms with van der Waals surface area (Å²) in [6.07, 6.45) is 1.71. The number of anilines is 1. The van der Waals surface area contributed by atoms with Crippen LogP contribution in [-0.2, 0) is 10.2 Å². The van der Waals surface area contributed by atoms with Gasteiger partial charge in [0.1, 0.15) is 17.0 Å². The molecule has 4 nitrogen and oxygen atoms in total. The third-order valence-corrected chi connectivity index (χ3v) is 4.04. The van der Waals surface area contributed by atoms with Crippen molar-refractivity contribution in [2.45, 2.75) is 12.3 Å². The Labute approximate surface area is 118 Å². The van der Waals surface area contributed by atoms with Gasteiger partial charge in [0.2, 0.25) is 5.91 Å². The maximum absolute atomic E-state index is 12.7. The average molecular weight is 268 g/mol. The molecular formula is C16H16N2O2. The van der Waals surface area contributed by atoms with Crippen LogP contribution in [0, 0.1) is 0 Å². The minimum absolute atomic E-state index is 0.0383. The van der Waals surface area contributed by atoms with E-state index >= 15 is 0 Å². The van der Waals surface area contributed by atoms with Crippen LogP contribution in [0.3, 0.4) is 0 Å². The molecule has 0 fully saturated rings. The standard InChI is InChI=1S/C16H16N2O2/c1-16(11-6-8-12(20-3)9-7-11)13-5-4-10-17-14(13)18(2)15(16)19/h4-10H,1-3H3. The molecule has 1 aliphatic rings. The van der Waals surface area contributed by atoms with Gasteiger partial charge in [0.15, 0.2) is 0 Å². The Morgan fingerprint density at radius 2 is 1.90 bits per heavy atom. The third-order valence-electron chi connectivity index (χ3n) is 4.04. The van der Waals surface area contributed by atoms with Crippen LogP contribution < -0.4 is 9.64 Å². The molecule has 0 spiro atoms. The van der Waals surface area contributed by atoms with E-state index in [9.17, 15) is 4.79 Å². The Bertz CT molecular complexity index is 666. The number of ether oxygens (including phenoxy) is 1. The average Bonchev–Trinajstić information content (AvgIpc) is 2.71. The van der Waals surface area contributed by atoms with Gasteiger partial charge in [-0.05, 0) is 30.7 Å². The number of methoxy groups -OCH3 is 1. The summed E-state index contributed by atoms with van der Waals surface area (Å²) >= 11 is 0. The minimum atomic E-state index is -0.690. The lowest BCUT2D eigenvalue weighted by molar-refractivity contribution is -0.121. The Hall–Kier alpha value is -2.36. The van der Waals surface area contributed by atoms with Gasteiger partial charge in [0.25, 0.3) is 0 Å². The number of likely N-dealkylation sites (N-methyl/N-ethyl adjacent to an activating group) is 1. The molecular weight excluding hydrogens is 252 g/mol. The maximum atomic E-state index is 12.7. The van der Waals surface area contributed by atoms with Crippen LogP contribution in [-0.4, -0.2) is 25.0 Å². The van der Waals surface area contributed by atoms with Crippen molar-refractivity contribution < 1.29 is 9.53 Å². The SMILES string of the molecule is COc1ccc(C2(C)C(=O)N(C)c3ncccc32)cc1. The molecule has 1 aliphatic heterocycles. The van der Waals surface area contributed by atoms with E-state index in [0.29, 0.717) is 0 Å². The van der Waals surface area contributed by atoms with Crippen LogP contribution in [0.25, 0.3) is 0 Å². The predicted molar refractivity (Wildman–Crippen MR) is 77.1 cm³/mol. The first-order chi connectivity index (χ1) is 9.59. The Morgan fingerprint density at radius 1 is 1.20 bits per heavy atom. The fraction of sp³-hybridized carbons (Fsp3) is 0.250. The lowest BCUT2D eigenvalue weighted by atomic mass is 9.78. The molecule has 1 aromatic heterocycles. The van der Waals surface area contributed by atoms with Crippen molar-refractivity contribution in [1.82, 2.24) is 4.98 Å². The van der Waals surface area contributed by atoms with Gasteiger partial charge in [-0.2, -0.15) is 0 Å². The molecule has 4 heteroatoms. The highest BCUT2D eigenvalue weighted by Gasteiger charge is 2.47. The Balaban J connectivity index is 2.17. The van der Waals surface area contributed by atoms with Crippen LogP contribution in [0.4, 0.5) is 5.82 Å². The second-order valence-electron chi connectivity index (χ2n) is 5.09. The van der Waals surface area contributed by atoms with E-state index in [2.05, 4.69) is 4.98 Å². The lowest BCUT2D eigenvalue weighted by Crippen LogP contribution is -2.37. The van der Waals surface area contributed by atoms with Gasteiger partial charge in [0.05, 0.1) is 7.11 Å². The number of carbonyl (C=O) groups excluding carboxylic acids is 1. The normalized spacial score (nSPS) is 20.9. The van der Waals surface area contributed by atoms with E-state index in [1.807, 2.05) is 43.3 Å². The number of hydrogen-bond acceptors (Lipinski definition) is 3. The van der Waals surface area contributed by atoms with Gasteiger partial charge >= 0.3 is 0 Å². The third kappa shape index (κ3) is 1.54. The summed E-state index contributed by atoms with van der Waals surface area (Å²) in [4.78, 5) is 18.6. The fourth-order valence-electron chi connectivity index (χ4n) is 2.80. The number of aromatic nitrogens is 1. The first kappa shape index (κ1) is 12.7. The predicted octanol–water partition coefficient (Wildman–Crippen LogP) is 2.37. The van der Waals surface area contributed by atoms with Gasteiger partial charge in [-0.1, -0.05) is 18.2 Å². The molecule has 0 N–H and O–H groups in total. The largest absolute Gasteiger partial charge is 0.497 e. The van der Waals surface area contributed by atoms with Crippen LogP contribution in [0.2, 0.25) is 0 Å². The zero-order valence-corrected chi connectivity index (χ0v) is 11.8. The van der Waals surface area contributed by atoms with E-state index in [4.69, 9.17) is 4.74 Å². The Kier molecular flexibility index (Phi) is 2.74. The van der Waals surface area contributed by atoms with E-state index in [-0.39, 0.29) is 5.91 Å². The quantitative estimate of drug-likeness (QED) is 0.839. The number of fused-ring (bicyclic) bond motifs is 1. The molecule has 20 heavy (non-hydrogen) atoms. The van der Waals surface area contributed by atoms with Gasteiger partial charge in [0, 0.05) is 18.8 Å². The first-order valence-corrected chi connectivity index (χ1v) is 6.47. The van der Waals surface area contributed by atoms with Crippen LogP contribution in [0.5, 0.6) is 5.75 Å². The molecule has 0 bridgehead atoms. The zero-order valence-electron chi connectivity index (χ0n) is 11.8. The maximum Gasteiger partial charge on any atom is 0.242 e. The summed E-state index contributed by atoms with van der Waals surface area (Å²) in [7, 11) is 3.40. The fourth-order valence-corrected chi connectivity index (χ4v) is 2.80. The summed E-state index contributed by atoms with van der Waals surface area (Å²) in [5, 5.41) is 0. The molecule has 3 rings (SSSR count). The molecule has 102 valence electrons. The van der Waals surface area contributed by atoms with Crippen LogP contribution in [0.1, 0.15) is 18.1 Å². The number of benzene rings is 1. The number of carbonyl (C=O) groups is 1. The summed E-state index contributed by atoms with van der Waals surface area (Å²) in [6, 6.07) is 11.5. The van der Waals surface area contributed by atoms with Crippen molar-refractivity contribution in [3.8, 4) is 5.75 Å². The van der Waals surface area contributed by atoms with Gasteiger partial charge < -0.3 is 4.74 Å². The van der Waals surface area contributed by atoms with Crippen LogP contribution >= 0.6 is 0 Å². The lowest BCUT2D eigenvalue weighted by Gasteiger charge is -2.23. The van der Waals surface area contributed by atoms with Crippen molar-refractivity contribution in [2.24, 2.45) is 0 Å². The smallest absolute Gasteiger partial charge is 0.242 e. The van der Waals surface area contributed by atoms with E-state index in [1.165, 1.54) is 0 Å². The van der Waals surface area contributed by atoms with Crippen molar-refractivity contribution in [3.05, 3.63) is 53.7 Å². The van der Waals surface area contributed by atoms with Crippen molar-refractivity contribution >= 4 is 11.7 Å². The van der Waals surface area contributed by atoms with E-state index < -0.39 is 5.41 Å². The highest BCUT2D eigenvalue weighted by molar-refractivity contribution is 6.08. The number of pyridine rings is 1. The molecule has 2 heterocycles. The van der Waals surface area contributed by atoms with Crippen LogP contribution in [0.15, 0.2) is 42.6 Å². The van der Waals surface area contributed by atoms with E-state index in [0.717, 1.165) is 22.7 Å². The summed E-state index contributed by atoms with van der Waals surface area (Å²) in [6.45, 7) is 1.95.